The summed E-state index contributed by atoms with van der Waals surface area (Å²) < 4.78 is 0. The van der Waals surface area contributed by atoms with Gasteiger partial charge in [0.25, 0.3) is 0 Å². The number of nitrogens with one attached hydrogen (secondary N) is 2. The molecule has 0 saturated carbocycles. The first-order chi connectivity index (χ1) is 15.5. The smallest absolute Gasteiger partial charge is 0.109 e. The molecule has 0 radical (unpaired) electrons. The van der Waals surface area contributed by atoms with Gasteiger partial charge >= 0.3 is 0 Å². The van der Waals surface area contributed by atoms with Crippen molar-refractivity contribution in [2.24, 2.45) is 10.8 Å². The number of hydrogen-bond acceptors (Lipinski definition) is 2. The van der Waals surface area contributed by atoms with E-state index in [1.807, 2.05) is 12.4 Å². The molecule has 2 aromatic heterocycles. The maximum absolute atomic E-state index is 4.64. The molecule has 2 aromatic carbocycles. The number of nitrogens with zero attached hydrogens (tertiary/aromatic N) is 2. The summed E-state index contributed by atoms with van der Waals surface area (Å²) in [5, 5.41) is 0. The molecule has 33 heavy (non-hydrogen) atoms. The first-order valence-electron chi connectivity index (χ1n) is 11.8. The van der Waals surface area contributed by atoms with Gasteiger partial charge in [-0.25, -0.2) is 9.97 Å². The summed E-state index contributed by atoms with van der Waals surface area (Å²) >= 11 is 0. The van der Waals surface area contributed by atoms with Crippen LogP contribution in [-0.2, 0) is 6.42 Å². The number of benzene rings is 2. The molecule has 0 saturated heterocycles. The topological polar surface area (TPSA) is 57.4 Å². The largest absolute Gasteiger partial charge is 0.342 e. The zero-order valence-corrected chi connectivity index (χ0v) is 21.0. The number of aromatic amines is 2. The van der Waals surface area contributed by atoms with Crippen LogP contribution in [0.25, 0.3) is 33.6 Å². The van der Waals surface area contributed by atoms with Gasteiger partial charge < -0.3 is 9.97 Å². The van der Waals surface area contributed by atoms with Crippen molar-refractivity contribution in [2.45, 2.75) is 60.8 Å². The van der Waals surface area contributed by atoms with E-state index in [-0.39, 0.29) is 10.8 Å². The lowest BCUT2D eigenvalue weighted by Crippen LogP contribution is -2.16. The van der Waals surface area contributed by atoms with Crippen molar-refractivity contribution >= 4 is 0 Å². The monoisotopic (exact) mass is 440 g/mol. The van der Waals surface area contributed by atoms with Crippen LogP contribution in [0.4, 0.5) is 0 Å². The number of aromatic nitrogens is 4. The van der Waals surface area contributed by atoms with Crippen LogP contribution in [0.15, 0.2) is 60.9 Å². The summed E-state index contributed by atoms with van der Waals surface area (Å²) in [6.45, 7) is 15.7. The summed E-state index contributed by atoms with van der Waals surface area (Å²) in [4.78, 5) is 16.2. The van der Waals surface area contributed by atoms with Gasteiger partial charge in [0.05, 0.1) is 23.8 Å². The molecule has 0 amide bonds. The van der Waals surface area contributed by atoms with E-state index in [2.05, 4.69) is 117 Å². The summed E-state index contributed by atoms with van der Waals surface area (Å²) in [6.07, 6.45) is 4.81. The van der Waals surface area contributed by atoms with Gasteiger partial charge in [-0.1, -0.05) is 97.0 Å². The lowest BCUT2D eigenvalue weighted by atomic mass is 9.82. The predicted molar refractivity (Wildman–Crippen MR) is 138 cm³/mol. The van der Waals surface area contributed by atoms with Gasteiger partial charge in [-0.15, -0.1) is 0 Å². The fourth-order valence-electron chi connectivity index (χ4n) is 3.90. The van der Waals surface area contributed by atoms with E-state index in [9.17, 15) is 0 Å². The van der Waals surface area contributed by atoms with Gasteiger partial charge in [-0.2, -0.15) is 0 Å². The number of hydrogen-bond donors (Lipinski definition) is 2. The summed E-state index contributed by atoms with van der Waals surface area (Å²) in [5.74, 6) is 2.45. The molecule has 0 fully saturated rings. The molecule has 0 aliphatic heterocycles. The minimum Gasteiger partial charge on any atom is -0.342 e. The van der Waals surface area contributed by atoms with E-state index in [0.717, 1.165) is 40.6 Å². The predicted octanol–water partition coefficient (Wildman–Crippen LogP) is 7.87. The van der Waals surface area contributed by atoms with E-state index in [1.165, 1.54) is 11.1 Å². The van der Waals surface area contributed by atoms with Crippen molar-refractivity contribution in [1.29, 1.82) is 0 Å². The average Bonchev–Trinajstić information content (AvgIpc) is 3.42. The summed E-state index contributed by atoms with van der Waals surface area (Å²) in [5.41, 5.74) is 7.23. The third-order valence-electron chi connectivity index (χ3n) is 6.36. The molecule has 0 aliphatic carbocycles. The molecular weight excluding hydrogens is 404 g/mol. The zero-order valence-electron chi connectivity index (χ0n) is 21.0. The van der Waals surface area contributed by atoms with E-state index in [4.69, 9.17) is 0 Å². The Morgan fingerprint density at radius 1 is 0.667 bits per heavy atom. The van der Waals surface area contributed by atoms with Crippen molar-refractivity contribution in [1.82, 2.24) is 19.9 Å². The summed E-state index contributed by atoms with van der Waals surface area (Å²) in [6, 6.07) is 17.3. The average molecular weight is 441 g/mol. The molecule has 1 unspecified atom stereocenters. The van der Waals surface area contributed by atoms with Crippen molar-refractivity contribution in [3.63, 3.8) is 0 Å². The standard InChI is InChI=1S/C29H36N4/c1-19(29(5,6)7)27-31-18-25(33-27)23-14-10-21(11-15-23)20-8-12-22(13-9-20)24-17-30-26(32-24)16-28(2,3)4/h8-15,17-19H,16H2,1-7H3,(H,30,32)(H,31,33). The van der Waals surface area contributed by atoms with Crippen molar-refractivity contribution < 1.29 is 0 Å². The van der Waals surface area contributed by atoms with Crippen LogP contribution in [0.5, 0.6) is 0 Å². The van der Waals surface area contributed by atoms with E-state index in [1.54, 1.807) is 0 Å². The second kappa shape index (κ2) is 8.66. The molecule has 4 rings (SSSR count). The molecule has 0 aliphatic rings. The second-order valence-corrected chi connectivity index (χ2v) is 11.4. The summed E-state index contributed by atoms with van der Waals surface area (Å²) in [7, 11) is 0. The van der Waals surface area contributed by atoms with Gasteiger partial charge in [0, 0.05) is 12.3 Å². The third-order valence-corrected chi connectivity index (χ3v) is 6.36. The van der Waals surface area contributed by atoms with Crippen LogP contribution in [-0.4, -0.2) is 19.9 Å². The highest BCUT2D eigenvalue weighted by Crippen LogP contribution is 2.34. The Morgan fingerprint density at radius 2 is 1.12 bits per heavy atom. The molecule has 1 atom stereocenters. The number of H-pyrrole nitrogens is 2. The molecule has 2 N–H and O–H groups in total. The molecular formula is C29H36N4. The lowest BCUT2D eigenvalue weighted by molar-refractivity contribution is 0.329. The molecule has 0 bridgehead atoms. The highest BCUT2D eigenvalue weighted by atomic mass is 14.9. The Bertz CT molecular complexity index is 1200. The Kier molecular flexibility index (Phi) is 6.04. The zero-order chi connectivity index (χ0) is 23.8. The molecule has 172 valence electrons. The Morgan fingerprint density at radius 3 is 1.61 bits per heavy atom. The van der Waals surface area contributed by atoms with E-state index >= 15 is 0 Å². The normalized spacial score (nSPS) is 13.3. The highest BCUT2D eigenvalue weighted by Gasteiger charge is 2.24. The maximum Gasteiger partial charge on any atom is 0.109 e. The van der Waals surface area contributed by atoms with Crippen molar-refractivity contribution in [2.75, 3.05) is 0 Å². The number of rotatable bonds is 5. The molecule has 4 nitrogen and oxygen atoms in total. The quantitative estimate of drug-likeness (QED) is 0.332. The van der Waals surface area contributed by atoms with Crippen LogP contribution in [0, 0.1) is 10.8 Å². The van der Waals surface area contributed by atoms with Gasteiger partial charge in [0.15, 0.2) is 0 Å². The van der Waals surface area contributed by atoms with Gasteiger partial charge in [-0.3, -0.25) is 0 Å². The van der Waals surface area contributed by atoms with Crippen LogP contribution < -0.4 is 0 Å². The Labute approximate surface area is 197 Å². The molecule has 4 aromatic rings. The molecule has 4 heteroatoms. The van der Waals surface area contributed by atoms with Crippen LogP contribution in [0.1, 0.15) is 66.0 Å². The minimum atomic E-state index is 0.176. The Balaban J connectivity index is 1.48. The molecule has 0 spiro atoms. The first kappa shape index (κ1) is 23.0. The Hall–Kier alpha value is -3.14. The third kappa shape index (κ3) is 5.44. The van der Waals surface area contributed by atoms with Gasteiger partial charge in [-0.05, 0) is 33.1 Å². The van der Waals surface area contributed by atoms with Crippen molar-refractivity contribution in [3.05, 3.63) is 72.6 Å². The minimum absolute atomic E-state index is 0.176. The fraction of sp³-hybridized carbons (Fsp3) is 0.379. The fourth-order valence-corrected chi connectivity index (χ4v) is 3.90. The van der Waals surface area contributed by atoms with Gasteiger partial charge in [0.1, 0.15) is 11.6 Å². The van der Waals surface area contributed by atoms with Crippen molar-refractivity contribution in [3.8, 4) is 33.6 Å². The number of imidazole rings is 2. The van der Waals surface area contributed by atoms with Crippen LogP contribution in [0.2, 0.25) is 0 Å². The maximum atomic E-state index is 4.64. The van der Waals surface area contributed by atoms with Crippen LogP contribution in [0.3, 0.4) is 0 Å². The molecule has 2 heterocycles. The highest BCUT2D eigenvalue weighted by molar-refractivity contribution is 5.71. The SMILES string of the molecule is CC(c1ncc(-c2ccc(-c3ccc(-c4cnc(CC(C)(C)C)[nH]4)cc3)cc2)[nH]1)C(C)(C)C. The second-order valence-electron chi connectivity index (χ2n) is 11.4. The first-order valence-corrected chi connectivity index (χ1v) is 11.8. The van der Waals surface area contributed by atoms with E-state index < -0.39 is 0 Å². The van der Waals surface area contributed by atoms with E-state index in [0.29, 0.717) is 5.92 Å². The van der Waals surface area contributed by atoms with Gasteiger partial charge in [0.2, 0.25) is 0 Å². The van der Waals surface area contributed by atoms with Crippen LogP contribution >= 0.6 is 0 Å². The lowest BCUT2D eigenvalue weighted by Gasteiger charge is -2.25.